The molecule has 6 rings (SSSR count). The van der Waals surface area contributed by atoms with E-state index < -0.39 is 17.7 Å². The average Bonchev–Trinajstić information content (AvgIpc) is 3.60. The number of alkyl carbamates (subject to hydrolysis) is 1. The standard InChI is InChI=1S/C34H44FN7O5/c1-21-6-9-28(35)26(14-21)27-17-41(18-29(27)39-33(44)47-34(2,3)4)31-36-15-22(16-37-31)30(43)42(24-7-8-24)25-10-12-40(13-11-25)32-38-23(19-45-5)20-46-32/h6,9,14-16,20,24-25,27,29H,7-8,10-13,17-19H2,1-5H3,(H,39,44). The molecule has 12 nitrogen and oxygen atoms in total. The number of aryl methyl sites for hydroxylation is 1. The summed E-state index contributed by atoms with van der Waals surface area (Å²) < 4.78 is 31.4. The number of amides is 2. The zero-order valence-electron chi connectivity index (χ0n) is 27.7. The van der Waals surface area contributed by atoms with E-state index in [0.717, 1.165) is 50.0 Å². The summed E-state index contributed by atoms with van der Waals surface area (Å²) in [6.45, 7) is 9.92. The molecular weight excluding hydrogens is 605 g/mol. The lowest BCUT2D eigenvalue weighted by Crippen LogP contribution is -2.48. The van der Waals surface area contributed by atoms with Crippen LogP contribution in [0.1, 0.15) is 79.6 Å². The number of piperidine rings is 1. The molecule has 2 unspecified atom stereocenters. The van der Waals surface area contributed by atoms with E-state index in [1.54, 1.807) is 52.6 Å². The first-order chi connectivity index (χ1) is 22.5. The highest BCUT2D eigenvalue weighted by molar-refractivity contribution is 5.94. The third kappa shape index (κ3) is 7.66. The highest BCUT2D eigenvalue weighted by Gasteiger charge is 2.41. The Balaban J connectivity index is 1.14. The molecule has 2 amide bonds. The molecule has 3 fully saturated rings. The van der Waals surface area contributed by atoms with E-state index in [0.29, 0.717) is 42.8 Å². The molecular formula is C34H44FN7O5. The third-order valence-electron chi connectivity index (χ3n) is 8.88. The Labute approximate surface area is 274 Å². The van der Waals surface area contributed by atoms with Crippen molar-refractivity contribution in [3.63, 3.8) is 0 Å². The molecule has 1 aliphatic carbocycles. The van der Waals surface area contributed by atoms with Crippen molar-refractivity contribution in [2.45, 2.75) is 89.6 Å². The van der Waals surface area contributed by atoms with E-state index in [1.165, 1.54) is 6.07 Å². The topological polar surface area (TPSA) is 126 Å². The number of carbonyl (C=O) groups is 2. The van der Waals surface area contributed by atoms with E-state index in [-0.39, 0.29) is 29.7 Å². The number of rotatable bonds is 9. The predicted octanol–water partition coefficient (Wildman–Crippen LogP) is 4.83. The van der Waals surface area contributed by atoms with Crippen LogP contribution in [0.5, 0.6) is 0 Å². The minimum Gasteiger partial charge on any atom is -0.444 e. The molecule has 0 spiro atoms. The molecule has 1 aromatic carbocycles. The third-order valence-corrected chi connectivity index (χ3v) is 8.88. The van der Waals surface area contributed by atoms with E-state index in [1.807, 2.05) is 22.8 Å². The highest BCUT2D eigenvalue weighted by atomic mass is 19.1. The van der Waals surface area contributed by atoms with Crippen molar-refractivity contribution in [1.82, 2.24) is 25.2 Å². The molecule has 252 valence electrons. The molecule has 2 aromatic heterocycles. The van der Waals surface area contributed by atoms with Crippen molar-refractivity contribution in [2.75, 3.05) is 43.1 Å². The van der Waals surface area contributed by atoms with Crippen LogP contribution in [0.2, 0.25) is 0 Å². The van der Waals surface area contributed by atoms with Crippen LogP contribution in [0.15, 0.2) is 41.3 Å². The number of aromatic nitrogens is 3. The Bertz CT molecular complexity index is 1560. The summed E-state index contributed by atoms with van der Waals surface area (Å²) in [5.41, 5.74) is 1.96. The van der Waals surface area contributed by atoms with Gasteiger partial charge in [0, 0.05) is 63.7 Å². The molecule has 1 saturated carbocycles. The number of halogens is 1. The van der Waals surface area contributed by atoms with E-state index in [9.17, 15) is 9.59 Å². The number of benzene rings is 1. The second-order valence-electron chi connectivity index (χ2n) is 13.8. The van der Waals surface area contributed by atoms with Crippen LogP contribution < -0.4 is 15.1 Å². The first-order valence-corrected chi connectivity index (χ1v) is 16.3. The summed E-state index contributed by atoms with van der Waals surface area (Å²) in [5, 5.41) is 2.95. The summed E-state index contributed by atoms with van der Waals surface area (Å²) in [6, 6.07) is 5.46. The molecule has 0 radical (unpaired) electrons. The molecule has 3 aliphatic rings. The fraction of sp³-hybridized carbons (Fsp3) is 0.559. The first-order valence-electron chi connectivity index (χ1n) is 16.3. The second kappa shape index (κ2) is 13.5. The molecule has 0 bridgehead atoms. The number of carbonyl (C=O) groups excluding carboxylic acids is 2. The molecule has 3 aromatic rings. The van der Waals surface area contributed by atoms with Crippen LogP contribution in [-0.4, -0.2) is 88.9 Å². The monoisotopic (exact) mass is 649 g/mol. The maximum absolute atomic E-state index is 15.1. The quantitative estimate of drug-likeness (QED) is 0.345. The van der Waals surface area contributed by atoms with Gasteiger partial charge in [-0.1, -0.05) is 17.7 Å². The second-order valence-corrected chi connectivity index (χ2v) is 13.8. The number of oxazole rings is 1. The maximum atomic E-state index is 15.1. The summed E-state index contributed by atoms with van der Waals surface area (Å²) in [4.78, 5) is 46.3. The molecule has 1 N–H and O–H groups in total. The molecule has 47 heavy (non-hydrogen) atoms. The smallest absolute Gasteiger partial charge is 0.407 e. The Kier molecular flexibility index (Phi) is 9.36. The minimum atomic E-state index is -0.673. The van der Waals surface area contributed by atoms with Gasteiger partial charge in [-0.15, -0.1) is 0 Å². The highest BCUT2D eigenvalue weighted by Crippen LogP contribution is 2.35. The normalized spacial score (nSPS) is 20.4. The molecule has 13 heteroatoms. The molecule has 2 aliphatic heterocycles. The lowest BCUT2D eigenvalue weighted by molar-refractivity contribution is 0.0503. The predicted molar refractivity (Wildman–Crippen MR) is 173 cm³/mol. The summed E-state index contributed by atoms with van der Waals surface area (Å²) in [6.07, 6.45) is 7.80. The van der Waals surface area contributed by atoms with Gasteiger partial charge in [0.2, 0.25) is 5.95 Å². The van der Waals surface area contributed by atoms with Crippen molar-refractivity contribution in [3.8, 4) is 0 Å². The Hall–Kier alpha value is -4.26. The summed E-state index contributed by atoms with van der Waals surface area (Å²) in [7, 11) is 1.63. The van der Waals surface area contributed by atoms with Gasteiger partial charge in [-0.05, 0) is 65.0 Å². The van der Waals surface area contributed by atoms with E-state index >= 15 is 4.39 Å². The lowest BCUT2D eigenvalue weighted by atomic mass is 9.92. The molecule has 2 atom stereocenters. The van der Waals surface area contributed by atoms with Gasteiger partial charge in [0.1, 0.15) is 23.4 Å². The minimum absolute atomic E-state index is 0.0680. The summed E-state index contributed by atoms with van der Waals surface area (Å²) >= 11 is 0. The van der Waals surface area contributed by atoms with Crippen molar-refractivity contribution in [1.29, 1.82) is 0 Å². The SMILES string of the molecule is COCc1coc(N2CCC(N(C(=O)c3cnc(N4CC(NC(=O)OC(C)(C)C)C(c5cc(C)ccc5F)C4)nc3)C3CC3)CC2)n1. The van der Waals surface area contributed by atoms with Crippen LogP contribution >= 0.6 is 0 Å². The van der Waals surface area contributed by atoms with Gasteiger partial charge in [-0.2, -0.15) is 4.98 Å². The van der Waals surface area contributed by atoms with Gasteiger partial charge in [0.25, 0.3) is 11.9 Å². The summed E-state index contributed by atoms with van der Waals surface area (Å²) in [5.74, 6) is -0.339. The van der Waals surface area contributed by atoms with Crippen LogP contribution in [-0.2, 0) is 16.1 Å². The number of hydrogen-bond acceptors (Lipinski definition) is 10. The fourth-order valence-electron chi connectivity index (χ4n) is 6.55. The van der Waals surface area contributed by atoms with Crippen molar-refractivity contribution in [3.05, 3.63) is 65.1 Å². The van der Waals surface area contributed by atoms with E-state index in [4.69, 9.17) is 13.9 Å². The number of ether oxygens (including phenoxy) is 2. The Morgan fingerprint density at radius 2 is 1.77 bits per heavy atom. The number of nitrogens with one attached hydrogen (secondary N) is 1. The van der Waals surface area contributed by atoms with Gasteiger partial charge in [-0.25, -0.2) is 19.2 Å². The van der Waals surface area contributed by atoms with Gasteiger partial charge >= 0.3 is 6.09 Å². The maximum Gasteiger partial charge on any atom is 0.407 e. The largest absolute Gasteiger partial charge is 0.444 e. The van der Waals surface area contributed by atoms with Gasteiger partial charge in [0.05, 0.1) is 18.2 Å². The Morgan fingerprint density at radius 3 is 2.43 bits per heavy atom. The van der Waals surface area contributed by atoms with Crippen molar-refractivity contribution >= 4 is 24.0 Å². The number of methoxy groups -OCH3 is 1. The first kappa shape index (κ1) is 32.7. The fourth-order valence-corrected chi connectivity index (χ4v) is 6.55. The number of hydrogen-bond donors (Lipinski definition) is 1. The Morgan fingerprint density at radius 1 is 1.06 bits per heavy atom. The van der Waals surface area contributed by atoms with E-state index in [2.05, 4.69) is 25.2 Å². The van der Waals surface area contributed by atoms with Gasteiger partial charge in [-0.3, -0.25) is 4.79 Å². The van der Waals surface area contributed by atoms with Crippen LogP contribution in [0.4, 0.5) is 21.1 Å². The number of nitrogens with zero attached hydrogens (tertiary/aromatic N) is 6. The van der Waals surface area contributed by atoms with Crippen molar-refractivity contribution in [2.24, 2.45) is 0 Å². The van der Waals surface area contributed by atoms with Crippen LogP contribution in [0, 0.1) is 12.7 Å². The van der Waals surface area contributed by atoms with Crippen LogP contribution in [0.3, 0.4) is 0 Å². The zero-order valence-corrected chi connectivity index (χ0v) is 27.7. The van der Waals surface area contributed by atoms with Crippen LogP contribution in [0.25, 0.3) is 0 Å². The molecule has 2 saturated heterocycles. The van der Waals surface area contributed by atoms with Gasteiger partial charge in [0.15, 0.2) is 0 Å². The number of anilines is 2. The molecule has 4 heterocycles. The van der Waals surface area contributed by atoms with Crippen molar-refractivity contribution < 1.29 is 27.9 Å². The zero-order chi connectivity index (χ0) is 33.3. The lowest BCUT2D eigenvalue weighted by Gasteiger charge is -2.38. The van der Waals surface area contributed by atoms with Gasteiger partial charge < -0.3 is 33.9 Å². The average molecular weight is 650 g/mol.